The summed E-state index contributed by atoms with van der Waals surface area (Å²) in [6, 6.07) is 4.18. The molecule has 0 amide bonds. The Balaban J connectivity index is 3.03. The van der Waals surface area contributed by atoms with E-state index in [1.54, 1.807) is 0 Å². The maximum Gasteiger partial charge on any atom is 0.124 e. The molecule has 0 atom stereocenters. The van der Waals surface area contributed by atoms with Crippen LogP contribution in [0, 0.1) is 6.92 Å². The highest BCUT2D eigenvalue weighted by Crippen LogP contribution is 2.26. The molecule has 3 heteroatoms. The third-order valence-electron chi connectivity index (χ3n) is 2.01. The summed E-state index contributed by atoms with van der Waals surface area (Å²) in [5.41, 5.74) is 2.39. The van der Waals surface area contributed by atoms with E-state index in [0.29, 0.717) is 6.61 Å². The summed E-state index contributed by atoms with van der Waals surface area (Å²) in [4.78, 5) is 0. The van der Waals surface area contributed by atoms with E-state index in [-0.39, 0.29) is 0 Å². The zero-order valence-corrected chi connectivity index (χ0v) is 10.4. The molecule has 2 nitrogen and oxygen atoms in total. The first-order chi connectivity index (χ1) is 6.69. The largest absolute Gasteiger partial charge is 0.494 e. The standard InChI is InChI=1S/C11H16BrNO/c1-4-14-11-5-8(2)10(12)6-9(11)7-13-3/h5-6,13H,4,7H2,1-3H3. The Bertz CT molecular complexity index is 281. The number of halogens is 1. The molecule has 0 aliphatic carbocycles. The predicted molar refractivity (Wildman–Crippen MR) is 62.8 cm³/mol. The van der Waals surface area contributed by atoms with Gasteiger partial charge >= 0.3 is 0 Å². The van der Waals surface area contributed by atoms with Crippen molar-refractivity contribution in [1.29, 1.82) is 0 Å². The monoisotopic (exact) mass is 257 g/mol. The Morgan fingerprint density at radius 1 is 1.43 bits per heavy atom. The first kappa shape index (κ1) is 11.5. The summed E-state index contributed by atoms with van der Waals surface area (Å²) in [5, 5.41) is 3.13. The molecule has 0 aromatic heterocycles. The maximum absolute atomic E-state index is 5.56. The Kier molecular flexibility index (Phi) is 4.42. The number of aryl methyl sites for hydroxylation is 1. The van der Waals surface area contributed by atoms with E-state index in [2.05, 4.69) is 40.3 Å². The summed E-state index contributed by atoms with van der Waals surface area (Å²) < 4.78 is 6.70. The molecule has 1 N–H and O–H groups in total. The molecule has 0 bridgehead atoms. The minimum absolute atomic E-state index is 0.706. The van der Waals surface area contributed by atoms with Gasteiger partial charge in [0.2, 0.25) is 0 Å². The first-order valence-electron chi connectivity index (χ1n) is 4.75. The molecule has 0 aliphatic rings. The topological polar surface area (TPSA) is 21.3 Å². The highest BCUT2D eigenvalue weighted by Gasteiger charge is 2.05. The van der Waals surface area contributed by atoms with E-state index in [9.17, 15) is 0 Å². The fraction of sp³-hybridized carbons (Fsp3) is 0.455. The average Bonchev–Trinajstić information content (AvgIpc) is 2.14. The summed E-state index contributed by atoms with van der Waals surface area (Å²) in [5.74, 6) is 0.975. The van der Waals surface area contributed by atoms with Crippen LogP contribution in [-0.2, 0) is 6.54 Å². The Morgan fingerprint density at radius 2 is 2.14 bits per heavy atom. The number of ether oxygens (including phenoxy) is 1. The molecule has 0 radical (unpaired) electrons. The fourth-order valence-electron chi connectivity index (χ4n) is 1.31. The molecule has 14 heavy (non-hydrogen) atoms. The smallest absolute Gasteiger partial charge is 0.124 e. The van der Waals surface area contributed by atoms with Crippen molar-refractivity contribution >= 4 is 15.9 Å². The molecule has 0 spiro atoms. The second-order valence-corrected chi connectivity index (χ2v) is 4.03. The van der Waals surface area contributed by atoms with Crippen LogP contribution in [0.25, 0.3) is 0 Å². The van der Waals surface area contributed by atoms with Crippen LogP contribution in [0.2, 0.25) is 0 Å². The van der Waals surface area contributed by atoms with Crippen LogP contribution in [-0.4, -0.2) is 13.7 Å². The van der Waals surface area contributed by atoms with E-state index in [0.717, 1.165) is 16.8 Å². The normalized spacial score (nSPS) is 10.3. The number of nitrogens with one attached hydrogen (secondary N) is 1. The van der Waals surface area contributed by atoms with Crippen molar-refractivity contribution < 1.29 is 4.74 Å². The molecule has 1 aromatic carbocycles. The zero-order chi connectivity index (χ0) is 10.6. The second kappa shape index (κ2) is 5.37. The average molecular weight is 258 g/mol. The van der Waals surface area contributed by atoms with Gasteiger partial charge in [-0.3, -0.25) is 0 Å². The molecule has 0 saturated heterocycles. The lowest BCUT2D eigenvalue weighted by molar-refractivity contribution is 0.335. The molecule has 1 aromatic rings. The van der Waals surface area contributed by atoms with Crippen molar-refractivity contribution in [3.63, 3.8) is 0 Å². The van der Waals surface area contributed by atoms with Gasteiger partial charge in [0.15, 0.2) is 0 Å². The molecule has 0 saturated carbocycles. The van der Waals surface area contributed by atoms with Gasteiger partial charge in [-0.2, -0.15) is 0 Å². The van der Waals surface area contributed by atoms with Crippen molar-refractivity contribution in [2.75, 3.05) is 13.7 Å². The van der Waals surface area contributed by atoms with Crippen LogP contribution in [0.1, 0.15) is 18.1 Å². The molecule has 1 rings (SSSR count). The van der Waals surface area contributed by atoms with Crippen molar-refractivity contribution in [1.82, 2.24) is 5.32 Å². The number of rotatable bonds is 4. The number of benzene rings is 1. The molecule has 0 aliphatic heterocycles. The quantitative estimate of drug-likeness (QED) is 0.896. The SMILES string of the molecule is CCOc1cc(C)c(Br)cc1CNC. The van der Waals surface area contributed by atoms with Crippen molar-refractivity contribution in [2.45, 2.75) is 20.4 Å². The molecular weight excluding hydrogens is 242 g/mol. The lowest BCUT2D eigenvalue weighted by Crippen LogP contribution is -2.07. The van der Waals surface area contributed by atoms with Gasteiger partial charge in [0, 0.05) is 16.6 Å². The molecule has 78 valence electrons. The summed E-state index contributed by atoms with van der Waals surface area (Å²) >= 11 is 3.52. The molecular formula is C11H16BrNO. The van der Waals surface area contributed by atoms with Gasteiger partial charge in [0.1, 0.15) is 5.75 Å². The summed E-state index contributed by atoms with van der Waals surface area (Å²) in [6.07, 6.45) is 0. The summed E-state index contributed by atoms with van der Waals surface area (Å²) in [6.45, 7) is 5.60. The molecule has 0 heterocycles. The zero-order valence-electron chi connectivity index (χ0n) is 8.86. The Morgan fingerprint density at radius 3 is 2.71 bits per heavy atom. The Hall–Kier alpha value is -0.540. The van der Waals surface area contributed by atoms with E-state index in [4.69, 9.17) is 4.74 Å². The van der Waals surface area contributed by atoms with E-state index < -0.39 is 0 Å². The summed E-state index contributed by atoms with van der Waals surface area (Å²) in [7, 11) is 1.93. The minimum Gasteiger partial charge on any atom is -0.494 e. The van der Waals surface area contributed by atoms with Gasteiger partial charge < -0.3 is 10.1 Å². The number of hydrogen-bond acceptors (Lipinski definition) is 2. The highest BCUT2D eigenvalue weighted by atomic mass is 79.9. The third kappa shape index (κ3) is 2.72. The van der Waals surface area contributed by atoms with Gasteiger partial charge in [0.25, 0.3) is 0 Å². The van der Waals surface area contributed by atoms with E-state index in [1.807, 2.05) is 14.0 Å². The molecule has 0 unspecified atom stereocenters. The van der Waals surface area contributed by atoms with Crippen LogP contribution >= 0.6 is 15.9 Å². The lowest BCUT2D eigenvalue weighted by atomic mass is 10.1. The van der Waals surface area contributed by atoms with Crippen LogP contribution in [0.15, 0.2) is 16.6 Å². The van der Waals surface area contributed by atoms with Crippen LogP contribution in [0.5, 0.6) is 5.75 Å². The molecule has 0 fully saturated rings. The second-order valence-electron chi connectivity index (χ2n) is 3.17. The Labute approximate surface area is 93.8 Å². The van der Waals surface area contributed by atoms with Gasteiger partial charge in [-0.15, -0.1) is 0 Å². The van der Waals surface area contributed by atoms with E-state index >= 15 is 0 Å². The van der Waals surface area contributed by atoms with Crippen LogP contribution in [0.4, 0.5) is 0 Å². The van der Waals surface area contributed by atoms with Gasteiger partial charge in [0.05, 0.1) is 6.61 Å². The third-order valence-corrected chi connectivity index (χ3v) is 2.86. The van der Waals surface area contributed by atoms with Gasteiger partial charge in [-0.05, 0) is 38.6 Å². The van der Waals surface area contributed by atoms with Crippen molar-refractivity contribution in [3.8, 4) is 5.75 Å². The highest BCUT2D eigenvalue weighted by molar-refractivity contribution is 9.10. The van der Waals surface area contributed by atoms with Gasteiger partial charge in [-0.1, -0.05) is 15.9 Å². The maximum atomic E-state index is 5.56. The minimum atomic E-state index is 0.706. The van der Waals surface area contributed by atoms with Crippen molar-refractivity contribution in [2.24, 2.45) is 0 Å². The van der Waals surface area contributed by atoms with E-state index in [1.165, 1.54) is 11.1 Å². The van der Waals surface area contributed by atoms with Crippen LogP contribution in [0.3, 0.4) is 0 Å². The van der Waals surface area contributed by atoms with Crippen LogP contribution < -0.4 is 10.1 Å². The lowest BCUT2D eigenvalue weighted by Gasteiger charge is -2.12. The first-order valence-corrected chi connectivity index (χ1v) is 5.54. The number of hydrogen-bond donors (Lipinski definition) is 1. The van der Waals surface area contributed by atoms with Crippen molar-refractivity contribution in [3.05, 3.63) is 27.7 Å². The fourth-order valence-corrected chi connectivity index (χ4v) is 1.71. The predicted octanol–water partition coefficient (Wildman–Crippen LogP) is 2.88. The van der Waals surface area contributed by atoms with Gasteiger partial charge in [-0.25, -0.2) is 0 Å².